The first-order chi connectivity index (χ1) is 9.74. The van der Waals surface area contributed by atoms with E-state index in [2.05, 4.69) is 30.1 Å². The van der Waals surface area contributed by atoms with Gasteiger partial charge in [0.15, 0.2) is 0 Å². The zero-order valence-electron chi connectivity index (χ0n) is 12.6. The molecular weight excluding hydrogens is 244 g/mol. The van der Waals surface area contributed by atoms with Crippen LogP contribution in [0.1, 0.15) is 48.8 Å². The fourth-order valence-electron chi connectivity index (χ4n) is 5.37. The lowest BCUT2D eigenvalue weighted by molar-refractivity contribution is 0.00282. The summed E-state index contributed by atoms with van der Waals surface area (Å²) in [5.74, 6) is 0.885. The molecule has 2 N–H and O–H groups in total. The summed E-state index contributed by atoms with van der Waals surface area (Å²) in [7, 11) is 2.34. The average Bonchev–Trinajstić information content (AvgIpc) is 2.50. The van der Waals surface area contributed by atoms with Crippen LogP contribution in [-0.4, -0.2) is 24.5 Å². The Morgan fingerprint density at radius 3 is 3.05 bits per heavy atom. The molecule has 1 heterocycles. The number of fused-ring (bicyclic) bond motifs is 1. The van der Waals surface area contributed by atoms with Crippen LogP contribution in [0.2, 0.25) is 0 Å². The van der Waals surface area contributed by atoms with Gasteiger partial charge in [-0.3, -0.25) is 0 Å². The number of hydrogen-bond donors (Lipinski definition) is 1. The minimum Gasteiger partial charge on any atom is -0.326 e. The fraction of sp³-hybridized carbons (Fsp3) is 0.667. The zero-order chi connectivity index (χ0) is 13.7. The molecule has 0 radical (unpaired) electrons. The third kappa shape index (κ3) is 1.64. The molecule has 0 aromatic heterocycles. The van der Waals surface area contributed by atoms with Crippen molar-refractivity contribution in [3.8, 4) is 0 Å². The van der Waals surface area contributed by atoms with Gasteiger partial charge in [0.2, 0.25) is 0 Å². The maximum Gasteiger partial charge on any atom is 0.0178 e. The van der Waals surface area contributed by atoms with E-state index >= 15 is 0 Å². The molecule has 1 saturated heterocycles. The van der Waals surface area contributed by atoms with Gasteiger partial charge in [0.05, 0.1) is 0 Å². The second-order valence-electron chi connectivity index (χ2n) is 7.21. The first kappa shape index (κ1) is 12.8. The summed E-state index contributed by atoms with van der Waals surface area (Å²) in [5.41, 5.74) is 11.0. The number of likely N-dealkylation sites (N-methyl/N-ethyl adjacent to an activating group) is 1. The molecule has 2 heteroatoms. The van der Waals surface area contributed by atoms with E-state index in [0.717, 1.165) is 12.0 Å². The highest BCUT2D eigenvalue weighted by atomic mass is 15.1. The van der Waals surface area contributed by atoms with Crippen LogP contribution in [0.25, 0.3) is 0 Å². The molecule has 0 unspecified atom stereocenters. The molecule has 2 nitrogen and oxygen atoms in total. The van der Waals surface area contributed by atoms with Crippen molar-refractivity contribution in [1.82, 2.24) is 4.90 Å². The maximum atomic E-state index is 5.89. The predicted molar refractivity (Wildman–Crippen MR) is 82.7 cm³/mol. The van der Waals surface area contributed by atoms with E-state index in [0.29, 0.717) is 12.0 Å². The molecular formula is C18H26N2. The Bertz CT molecular complexity index is 524. The highest BCUT2D eigenvalue weighted by Gasteiger charge is 2.52. The third-order valence-electron chi connectivity index (χ3n) is 6.41. The second kappa shape index (κ2) is 4.57. The van der Waals surface area contributed by atoms with Crippen molar-refractivity contribution in [2.24, 2.45) is 11.7 Å². The summed E-state index contributed by atoms with van der Waals surface area (Å²) in [4.78, 5) is 2.63. The number of hydrogen-bond acceptors (Lipinski definition) is 2. The summed E-state index contributed by atoms with van der Waals surface area (Å²) in [5, 5.41) is 0. The average molecular weight is 270 g/mol. The van der Waals surface area contributed by atoms with Crippen LogP contribution in [0.4, 0.5) is 0 Å². The van der Waals surface area contributed by atoms with Crippen LogP contribution >= 0.6 is 0 Å². The van der Waals surface area contributed by atoms with Crippen LogP contribution in [0.3, 0.4) is 0 Å². The molecule has 3 aliphatic rings. The second-order valence-corrected chi connectivity index (χ2v) is 7.21. The van der Waals surface area contributed by atoms with Crippen LogP contribution in [0.15, 0.2) is 18.2 Å². The first-order valence-electron chi connectivity index (χ1n) is 8.27. The largest absolute Gasteiger partial charge is 0.326 e. The standard InChI is InChI=1S/C18H26N2/c1-20-9-8-18-7-3-2-4-15(18)17(20)11-14-6-5-13(12-19)10-16(14)18/h5-6,10,15,17H,2-4,7-9,11-12,19H2,1H3/t15-,17-,18-/m0/s1. The predicted octanol–water partition coefficient (Wildman–Crippen LogP) is 2.83. The van der Waals surface area contributed by atoms with Crippen LogP contribution in [0.5, 0.6) is 0 Å². The molecule has 1 aromatic rings. The summed E-state index contributed by atoms with van der Waals surface area (Å²) >= 11 is 0. The molecule has 1 saturated carbocycles. The lowest BCUT2D eigenvalue weighted by Crippen LogP contribution is -2.59. The zero-order valence-corrected chi connectivity index (χ0v) is 12.6. The summed E-state index contributed by atoms with van der Waals surface area (Å²) in [6, 6.07) is 7.85. The minimum atomic E-state index is 0.480. The van der Waals surface area contributed by atoms with E-state index in [-0.39, 0.29) is 0 Å². The lowest BCUT2D eigenvalue weighted by atomic mass is 9.52. The highest BCUT2D eigenvalue weighted by molar-refractivity contribution is 5.43. The topological polar surface area (TPSA) is 29.3 Å². The van der Waals surface area contributed by atoms with Crippen molar-refractivity contribution in [3.05, 3.63) is 34.9 Å². The van der Waals surface area contributed by atoms with Crippen molar-refractivity contribution in [3.63, 3.8) is 0 Å². The number of nitrogens with zero attached hydrogens (tertiary/aromatic N) is 1. The van der Waals surface area contributed by atoms with Gasteiger partial charge < -0.3 is 10.6 Å². The van der Waals surface area contributed by atoms with Crippen LogP contribution < -0.4 is 5.73 Å². The Balaban J connectivity index is 1.88. The van der Waals surface area contributed by atoms with E-state index < -0.39 is 0 Å². The van der Waals surface area contributed by atoms with Crippen LogP contribution in [0, 0.1) is 5.92 Å². The van der Waals surface area contributed by atoms with Gasteiger partial charge in [-0.15, -0.1) is 0 Å². The van der Waals surface area contributed by atoms with Gasteiger partial charge >= 0.3 is 0 Å². The maximum absolute atomic E-state index is 5.89. The van der Waals surface area contributed by atoms with E-state index in [1.165, 1.54) is 50.6 Å². The molecule has 108 valence electrons. The van der Waals surface area contributed by atoms with Gasteiger partial charge in [-0.1, -0.05) is 31.0 Å². The Labute approximate surface area is 122 Å². The van der Waals surface area contributed by atoms with Gasteiger partial charge in [0, 0.05) is 18.0 Å². The number of benzene rings is 1. The third-order valence-corrected chi connectivity index (χ3v) is 6.41. The Morgan fingerprint density at radius 2 is 2.20 bits per heavy atom. The Kier molecular flexibility index (Phi) is 2.94. The Hall–Kier alpha value is -0.860. The molecule has 0 spiro atoms. The number of nitrogens with two attached hydrogens (primary N) is 1. The van der Waals surface area contributed by atoms with Gasteiger partial charge in [0.25, 0.3) is 0 Å². The van der Waals surface area contributed by atoms with Gasteiger partial charge in [0.1, 0.15) is 0 Å². The summed E-state index contributed by atoms with van der Waals surface area (Å²) in [6.07, 6.45) is 8.29. The molecule has 2 aliphatic carbocycles. The smallest absolute Gasteiger partial charge is 0.0178 e. The monoisotopic (exact) mass is 270 g/mol. The molecule has 1 aliphatic heterocycles. The fourth-order valence-corrected chi connectivity index (χ4v) is 5.37. The quantitative estimate of drug-likeness (QED) is 0.850. The van der Waals surface area contributed by atoms with Crippen molar-refractivity contribution < 1.29 is 0 Å². The molecule has 20 heavy (non-hydrogen) atoms. The first-order valence-corrected chi connectivity index (χ1v) is 8.27. The molecule has 0 amide bonds. The van der Waals surface area contributed by atoms with Gasteiger partial charge in [-0.05, 0) is 61.9 Å². The number of piperidine rings is 1. The number of rotatable bonds is 1. The molecule has 2 fully saturated rings. The lowest BCUT2D eigenvalue weighted by Gasteiger charge is -2.58. The summed E-state index contributed by atoms with van der Waals surface area (Å²) in [6.45, 7) is 1.95. The normalized spacial score (nSPS) is 36.3. The SMILES string of the molecule is CN1CC[C@@]23CCCC[C@H]2[C@@H]1Cc1ccc(CN)cc13. The van der Waals surface area contributed by atoms with Crippen molar-refractivity contribution in [1.29, 1.82) is 0 Å². The van der Waals surface area contributed by atoms with Crippen LogP contribution in [-0.2, 0) is 18.4 Å². The van der Waals surface area contributed by atoms with E-state index in [1.54, 1.807) is 11.1 Å². The highest BCUT2D eigenvalue weighted by Crippen LogP contribution is 2.55. The number of likely N-dealkylation sites (tertiary alicyclic amines) is 1. The van der Waals surface area contributed by atoms with Crippen molar-refractivity contribution in [2.75, 3.05) is 13.6 Å². The van der Waals surface area contributed by atoms with E-state index in [4.69, 9.17) is 5.73 Å². The van der Waals surface area contributed by atoms with E-state index in [9.17, 15) is 0 Å². The van der Waals surface area contributed by atoms with Crippen molar-refractivity contribution >= 4 is 0 Å². The molecule has 4 rings (SSSR count). The molecule has 1 aromatic carbocycles. The molecule has 3 atom stereocenters. The van der Waals surface area contributed by atoms with Gasteiger partial charge in [-0.2, -0.15) is 0 Å². The summed E-state index contributed by atoms with van der Waals surface area (Å²) < 4.78 is 0. The molecule has 2 bridgehead atoms. The van der Waals surface area contributed by atoms with Gasteiger partial charge in [-0.25, -0.2) is 0 Å². The minimum absolute atomic E-state index is 0.480. The Morgan fingerprint density at radius 1 is 1.30 bits per heavy atom. The van der Waals surface area contributed by atoms with E-state index in [1.807, 2.05) is 0 Å². The van der Waals surface area contributed by atoms with Crippen molar-refractivity contribution in [2.45, 2.75) is 56.5 Å².